The van der Waals surface area contributed by atoms with Crippen LogP contribution in [0.2, 0.25) is 5.15 Å². The summed E-state index contributed by atoms with van der Waals surface area (Å²) in [6.07, 6.45) is 0.765. The maximum Gasteiger partial charge on any atom is 0.231 e. The Kier molecular flexibility index (Phi) is 3.88. The molecule has 20 heavy (non-hydrogen) atoms. The number of fused-ring (bicyclic) bond motifs is 1. The van der Waals surface area contributed by atoms with E-state index in [-0.39, 0.29) is 6.79 Å². The fourth-order valence-electron chi connectivity index (χ4n) is 1.92. The minimum absolute atomic E-state index is 0.222. The topological polar surface area (TPSA) is 44.2 Å². The molecule has 0 unspecified atom stereocenters. The Hall–Kier alpha value is -0.850. The van der Waals surface area contributed by atoms with Gasteiger partial charge in [0.05, 0.1) is 14.6 Å². The van der Waals surface area contributed by atoms with Crippen LogP contribution in [0.15, 0.2) is 21.1 Å². The Morgan fingerprint density at radius 1 is 1.25 bits per heavy atom. The van der Waals surface area contributed by atoms with Crippen molar-refractivity contribution in [3.8, 4) is 22.9 Å². The molecule has 0 radical (unpaired) electrons. The maximum atomic E-state index is 6.14. The average Bonchev–Trinajstić information content (AvgIpc) is 2.90. The summed E-state index contributed by atoms with van der Waals surface area (Å²) in [7, 11) is 0. The molecular formula is C13H9Br2ClN2O2. The summed E-state index contributed by atoms with van der Waals surface area (Å²) in [5.74, 6) is 1.94. The molecule has 4 nitrogen and oxygen atoms in total. The molecule has 0 fully saturated rings. The molecule has 0 spiro atoms. The van der Waals surface area contributed by atoms with Gasteiger partial charge >= 0.3 is 0 Å². The Bertz CT molecular complexity index is 686. The Morgan fingerprint density at radius 3 is 2.80 bits per heavy atom. The van der Waals surface area contributed by atoms with Crippen molar-refractivity contribution in [1.29, 1.82) is 0 Å². The zero-order valence-electron chi connectivity index (χ0n) is 10.4. The van der Waals surface area contributed by atoms with Gasteiger partial charge in [0.2, 0.25) is 6.79 Å². The summed E-state index contributed by atoms with van der Waals surface area (Å²) in [6.45, 7) is 2.24. The van der Waals surface area contributed by atoms with Gasteiger partial charge in [-0.3, -0.25) is 0 Å². The van der Waals surface area contributed by atoms with Crippen molar-refractivity contribution in [2.24, 2.45) is 0 Å². The largest absolute Gasteiger partial charge is 0.454 e. The van der Waals surface area contributed by atoms with Crippen LogP contribution in [0.3, 0.4) is 0 Å². The summed E-state index contributed by atoms with van der Waals surface area (Å²) in [5, 5.41) is 0.403. The van der Waals surface area contributed by atoms with Crippen LogP contribution < -0.4 is 9.47 Å². The normalized spacial score (nSPS) is 12.8. The third kappa shape index (κ3) is 2.40. The number of hydrogen-bond acceptors (Lipinski definition) is 4. The smallest absolute Gasteiger partial charge is 0.231 e. The fourth-order valence-corrected chi connectivity index (χ4v) is 3.13. The van der Waals surface area contributed by atoms with Gasteiger partial charge in [0, 0.05) is 5.56 Å². The van der Waals surface area contributed by atoms with E-state index in [1.165, 1.54) is 0 Å². The van der Waals surface area contributed by atoms with E-state index in [0.717, 1.165) is 26.6 Å². The van der Waals surface area contributed by atoms with E-state index in [1.807, 2.05) is 19.1 Å². The second kappa shape index (κ2) is 5.50. The molecule has 3 rings (SSSR count). The van der Waals surface area contributed by atoms with Crippen LogP contribution in [0.4, 0.5) is 0 Å². The zero-order chi connectivity index (χ0) is 14.3. The monoisotopic (exact) mass is 418 g/mol. The fraction of sp³-hybridized carbons (Fsp3) is 0.231. The standard InChI is InChI=1S/C13H9Br2ClN2O2/c1-2-8-10(15)12(16)18-13(17-8)6-3-7(14)11-9(4-6)19-5-20-11/h3-4H,2,5H2,1H3. The Morgan fingerprint density at radius 2 is 2.05 bits per heavy atom. The van der Waals surface area contributed by atoms with Gasteiger partial charge < -0.3 is 9.47 Å². The summed E-state index contributed by atoms with van der Waals surface area (Å²) in [4.78, 5) is 8.84. The number of aryl methyl sites for hydroxylation is 1. The number of halogens is 3. The van der Waals surface area contributed by atoms with Crippen LogP contribution >= 0.6 is 43.5 Å². The number of rotatable bonds is 2. The van der Waals surface area contributed by atoms with Crippen molar-refractivity contribution >= 4 is 43.5 Å². The number of ether oxygens (including phenoxy) is 2. The number of nitrogens with zero attached hydrogens (tertiary/aromatic N) is 2. The first-order chi connectivity index (χ1) is 9.60. The highest BCUT2D eigenvalue weighted by Crippen LogP contribution is 2.42. The number of aromatic nitrogens is 2. The molecule has 0 aliphatic carbocycles. The molecule has 2 aromatic rings. The van der Waals surface area contributed by atoms with Gasteiger partial charge in [0.1, 0.15) is 5.15 Å². The van der Waals surface area contributed by atoms with Crippen molar-refractivity contribution in [3.63, 3.8) is 0 Å². The van der Waals surface area contributed by atoms with Gasteiger partial charge in [-0.15, -0.1) is 0 Å². The molecule has 1 aliphatic rings. The lowest BCUT2D eigenvalue weighted by molar-refractivity contribution is 0.173. The lowest BCUT2D eigenvalue weighted by atomic mass is 10.2. The minimum Gasteiger partial charge on any atom is -0.454 e. The van der Waals surface area contributed by atoms with Crippen LogP contribution in [0, 0.1) is 0 Å². The van der Waals surface area contributed by atoms with E-state index in [2.05, 4.69) is 41.8 Å². The van der Waals surface area contributed by atoms with Crippen LogP contribution in [-0.2, 0) is 6.42 Å². The van der Waals surface area contributed by atoms with Crippen molar-refractivity contribution < 1.29 is 9.47 Å². The van der Waals surface area contributed by atoms with Gasteiger partial charge in [0.15, 0.2) is 17.3 Å². The second-order valence-corrected chi connectivity index (χ2v) is 6.15. The molecule has 104 valence electrons. The van der Waals surface area contributed by atoms with E-state index in [9.17, 15) is 0 Å². The van der Waals surface area contributed by atoms with Crippen molar-refractivity contribution in [2.75, 3.05) is 6.79 Å². The molecule has 2 heterocycles. The van der Waals surface area contributed by atoms with Gasteiger partial charge in [-0.05, 0) is 50.4 Å². The highest BCUT2D eigenvalue weighted by atomic mass is 79.9. The Balaban J connectivity index is 2.14. The van der Waals surface area contributed by atoms with E-state index in [0.29, 0.717) is 22.5 Å². The average molecular weight is 420 g/mol. The van der Waals surface area contributed by atoms with Crippen LogP contribution in [-0.4, -0.2) is 16.8 Å². The highest BCUT2D eigenvalue weighted by molar-refractivity contribution is 9.11. The minimum atomic E-state index is 0.222. The summed E-state index contributed by atoms with van der Waals surface area (Å²) in [5.41, 5.74) is 1.69. The molecule has 1 aromatic carbocycles. The van der Waals surface area contributed by atoms with Gasteiger partial charge in [-0.2, -0.15) is 0 Å². The summed E-state index contributed by atoms with van der Waals surface area (Å²) in [6, 6.07) is 3.75. The highest BCUT2D eigenvalue weighted by Gasteiger charge is 2.20. The van der Waals surface area contributed by atoms with Crippen molar-refractivity contribution in [1.82, 2.24) is 9.97 Å². The predicted octanol–water partition coefficient (Wildman–Crippen LogP) is 4.61. The molecule has 0 saturated heterocycles. The molecule has 1 aromatic heterocycles. The first kappa shape index (κ1) is 14.1. The quantitative estimate of drug-likeness (QED) is 0.666. The molecule has 0 N–H and O–H groups in total. The molecule has 0 bridgehead atoms. The number of hydrogen-bond donors (Lipinski definition) is 0. The second-order valence-electron chi connectivity index (χ2n) is 4.14. The Labute approximate surface area is 137 Å². The van der Waals surface area contributed by atoms with E-state index >= 15 is 0 Å². The van der Waals surface area contributed by atoms with Crippen molar-refractivity contribution in [2.45, 2.75) is 13.3 Å². The summed E-state index contributed by atoms with van der Waals surface area (Å²) >= 11 is 13.0. The predicted molar refractivity (Wildman–Crippen MR) is 83.4 cm³/mol. The molecule has 0 saturated carbocycles. The zero-order valence-corrected chi connectivity index (χ0v) is 14.3. The van der Waals surface area contributed by atoms with E-state index < -0.39 is 0 Å². The third-order valence-electron chi connectivity index (χ3n) is 2.90. The van der Waals surface area contributed by atoms with Gasteiger partial charge in [-0.25, -0.2) is 9.97 Å². The van der Waals surface area contributed by atoms with Crippen LogP contribution in [0.1, 0.15) is 12.6 Å². The first-order valence-corrected chi connectivity index (χ1v) is 7.88. The summed E-state index contributed by atoms with van der Waals surface area (Å²) < 4.78 is 12.3. The molecule has 1 aliphatic heterocycles. The third-order valence-corrected chi connectivity index (χ3v) is 4.82. The molecular weight excluding hydrogens is 411 g/mol. The molecule has 7 heteroatoms. The SMILES string of the molecule is CCc1nc(-c2cc(Br)c3c(c2)OCO3)nc(Cl)c1Br. The lowest BCUT2D eigenvalue weighted by Gasteiger charge is -2.08. The van der Waals surface area contributed by atoms with E-state index in [1.54, 1.807) is 0 Å². The molecule has 0 amide bonds. The molecule has 0 atom stereocenters. The number of benzene rings is 1. The van der Waals surface area contributed by atoms with Crippen LogP contribution in [0.5, 0.6) is 11.5 Å². The maximum absolute atomic E-state index is 6.14. The van der Waals surface area contributed by atoms with Gasteiger partial charge in [-0.1, -0.05) is 18.5 Å². The first-order valence-electron chi connectivity index (χ1n) is 5.91. The van der Waals surface area contributed by atoms with Crippen molar-refractivity contribution in [3.05, 3.63) is 31.9 Å². The van der Waals surface area contributed by atoms with Gasteiger partial charge in [0.25, 0.3) is 0 Å². The van der Waals surface area contributed by atoms with Crippen LogP contribution in [0.25, 0.3) is 11.4 Å². The van der Waals surface area contributed by atoms with E-state index in [4.69, 9.17) is 21.1 Å². The lowest BCUT2D eigenvalue weighted by Crippen LogP contribution is -1.97.